The molecule has 0 saturated carbocycles. The van der Waals surface area contributed by atoms with Crippen LogP contribution in [-0.2, 0) is 4.79 Å². The van der Waals surface area contributed by atoms with Gasteiger partial charge in [-0.05, 0) is 54.8 Å². The second-order valence-corrected chi connectivity index (χ2v) is 8.84. The molecule has 0 unspecified atom stereocenters. The molecule has 4 N–H and O–H groups in total. The van der Waals surface area contributed by atoms with Crippen LogP contribution in [0.25, 0.3) is 10.7 Å². The van der Waals surface area contributed by atoms with E-state index < -0.39 is 0 Å². The Morgan fingerprint density at radius 1 is 1.06 bits per heavy atom. The van der Waals surface area contributed by atoms with E-state index in [0.29, 0.717) is 34.5 Å². The minimum Gasteiger partial charge on any atom is -0.494 e. The lowest BCUT2D eigenvalue weighted by atomic mass is 10.1. The average Bonchev–Trinajstić information content (AvgIpc) is 3.49. The molecule has 2 heterocycles. The molecular weight excluding hydrogens is 472 g/mol. The topological polar surface area (TPSA) is 124 Å². The number of ether oxygens (including phenoxy) is 1. The monoisotopic (exact) mass is 494 g/mol. The normalized spacial score (nSPS) is 10.6. The van der Waals surface area contributed by atoms with Gasteiger partial charge in [-0.3, -0.25) is 9.59 Å². The number of carbonyl (C=O) groups excluding carboxylic acids is 2. The maximum Gasteiger partial charge on any atom is 0.257 e. The summed E-state index contributed by atoms with van der Waals surface area (Å²) in [5.41, 5.74) is 1.37. The third-order valence-electron chi connectivity index (χ3n) is 4.61. The zero-order chi connectivity index (χ0) is 23.9. The summed E-state index contributed by atoms with van der Waals surface area (Å²) in [6.07, 6.45) is 0. The van der Waals surface area contributed by atoms with Crippen LogP contribution < -0.4 is 21.2 Å². The molecule has 34 heavy (non-hydrogen) atoms. The summed E-state index contributed by atoms with van der Waals surface area (Å²) in [6, 6.07) is 17.7. The molecule has 2 aromatic heterocycles. The molecule has 9 nitrogen and oxygen atoms in total. The van der Waals surface area contributed by atoms with Crippen molar-refractivity contribution in [3.05, 3.63) is 71.6 Å². The van der Waals surface area contributed by atoms with E-state index in [2.05, 4.69) is 20.8 Å². The Morgan fingerprint density at radius 3 is 2.59 bits per heavy atom. The molecule has 0 aliphatic heterocycles. The van der Waals surface area contributed by atoms with Gasteiger partial charge in [0.15, 0.2) is 5.82 Å². The van der Waals surface area contributed by atoms with E-state index in [-0.39, 0.29) is 17.6 Å². The summed E-state index contributed by atoms with van der Waals surface area (Å²) in [4.78, 5) is 26.3. The van der Waals surface area contributed by atoms with Crippen LogP contribution in [0.5, 0.6) is 5.75 Å². The molecule has 2 amide bonds. The quantitative estimate of drug-likeness (QED) is 0.236. The van der Waals surface area contributed by atoms with Crippen molar-refractivity contribution in [1.82, 2.24) is 14.9 Å². The Bertz CT molecular complexity index is 1270. The highest BCUT2D eigenvalue weighted by atomic mass is 32.2. The molecule has 0 bridgehead atoms. The Balaban J connectivity index is 1.38. The first-order chi connectivity index (χ1) is 16.5. The molecule has 0 spiro atoms. The summed E-state index contributed by atoms with van der Waals surface area (Å²) in [5.74, 6) is 6.75. The van der Waals surface area contributed by atoms with Crippen LogP contribution in [0, 0.1) is 0 Å². The molecule has 0 radical (unpaired) electrons. The first-order valence-electron chi connectivity index (χ1n) is 10.4. The van der Waals surface area contributed by atoms with Gasteiger partial charge in [-0.25, -0.2) is 4.68 Å². The molecule has 0 fully saturated rings. The van der Waals surface area contributed by atoms with Crippen LogP contribution in [0.2, 0.25) is 0 Å². The predicted molar refractivity (Wildman–Crippen MR) is 135 cm³/mol. The number of thiophene rings is 1. The van der Waals surface area contributed by atoms with Gasteiger partial charge in [0.1, 0.15) is 5.75 Å². The summed E-state index contributed by atoms with van der Waals surface area (Å²) < 4.78 is 6.78. The number of hydrogen-bond acceptors (Lipinski definition) is 8. The van der Waals surface area contributed by atoms with Gasteiger partial charge in [0.25, 0.3) is 5.91 Å². The second kappa shape index (κ2) is 10.9. The fourth-order valence-corrected chi connectivity index (χ4v) is 4.42. The SMILES string of the molecule is CCOc1ccc(NC(=O)c2ccccc2NC(=O)CSc2nnc(-c3cccs3)n2N)cc1. The predicted octanol–water partition coefficient (Wildman–Crippen LogP) is 4.10. The Labute approximate surface area is 204 Å². The fourth-order valence-electron chi connectivity index (χ4n) is 3.06. The minimum atomic E-state index is -0.338. The van der Waals surface area contributed by atoms with Crippen LogP contribution in [0.3, 0.4) is 0 Å². The standard InChI is InChI=1S/C23H22N6O3S2/c1-2-32-16-11-9-15(10-12-16)25-22(31)17-6-3-4-7-18(17)26-20(30)14-34-23-28-27-21(29(23)24)19-8-5-13-33-19/h3-13H,2,14,24H2,1H3,(H,25,31)(H,26,30). The number of nitrogens with one attached hydrogen (secondary N) is 2. The van der Waals surface area contributed by atoms with Crippen LogP contribution in [0.4, 0.5) is 11.4 Å². The first kappa shape index (κ1) is 23.3. The van der Waals surface area contributed by atoms with Crippen molar-refractivity contribution in [3.63, 3.8) is 0 Å². The molecule has 174 valence electrons. The summed E-state index contributed by atoms with van der Waals surface area (Å²) in [5, 5.41) is 16.1. The van der Waals surface area contributed by atoms with E-state index in [0.717, 1.165) is 22.4 Å². The number of carbonyl (C=O) groups is 2. The number of aromatic nitrogens is 3. The smallest absolute Gasteiger partial charge is 0.257 e. The zero-order valence-electron chi connectivity index (χ0n) is 18.2. The Hall–Kier alpha value is -3.83. The van der Waals surface area contributed by atoms with Crippen molar-refractivity contribution < 1.29 is 14.3 Å². The largest absolute Gasteiger partial charge is 0.494 e. The molecule has 4 rings (SSSR count). The highest BCUT2D eigenvalue weighted by molar-refractivity contribution is 7.99. The first-order valence-corrected chi connectivity index (χ1v) is 12.2. The maximum absolute atomic E-state index is 12.8. The molecule has 0 atom stereocenters. The van der Waals surface area contributed by atoms with Crippen LogP contribution in [0.15, 0.2) is 71.2 Å². The van der Waals surface area contributed by atoms with E-state index in [1.807, 2.05) is 24.4 Å². The summed E-state index contributed by atoms with van der Waals surface area (Å²) in [7, 11) is 0. The van der Waals surface area contributed by atoms with Crippen LogP contribution in [0.1, 0.15) is 17.3 Å². The number of amides is 2. The Kier molecular flexibility index (Phi) is 7.45. The zero-order valence-corrected chi connectivity index (χ0v) is 19.9. The van der Waals surface area contributed by atoms with Crippen LogP contribution in [-0.4, -0.2) is 39.0 Å². The van der Waals surface area contributed by atoms with Gasteiger partial charge in [0.2, 0.25) is 11.1 Å². The number of nitrogens with zero attached hydrogens (tertiary/aromatic N) is 3. The highest BCUT2D eigenvalue weighted by Gasteiger charge is 2.17. The van der Waals surface area contributed by atoms with E-state index in [4.69, 9.17) is 10.6 Å². The van der Waals surface area contributed by atoms with E-state index >= 15 is 0 Å². The molecule has 0 aliphatic carbocycles. The number of para-hydroxylation sites is 1. The van der Waals surface area contributed by atoms with Gasteiger partial charge in [0.05, 0.1) is 28.5 Å². The summed E-state index contributed by atoms with van der Waals surface area (Å²) in [6.45, 7) is 2.47. The number of anilines is 2. The lowest BCUT2D eigenvalue weighted by Crippen LogP contribution is -2.20. The van der Waals surface area contributed by atoms with E-state index in [1.54, 1.807) is 48.5 Å². The number of rotatable bonds is 9. The van der Waals surface area contributed by atoms with Gasteiger partial charge in [-0.1, -0.05) is 30.0 Å². The van der Waals surface area contributed by atoms with Gasteiger partial charge < -0.3 is 21.2 Å². The number of hydrogen-bond donors (Lipinski definition) is 3. The van der Waals surface area contributed by atoms with Gasteiger partial charge >= 0.3 is 0 Å². The number of benzene rings is 2. The van der Waals surface area contributed by atoms with Crippen molar-refractivity contribution >= 4 is 46.3 Å². The van der Waals surface area contributed by atoms with Crippen molar-refractivity contribution in [2.45, 2.75) is 12.1 Å². The van der Waals surface area contributed by atoms with Gasteiger partial charge in [-0.2, -0.15) is 0 Å². The molecule has 0 saturated heterocycles. The van der Waals surface area contributed by atoms with Gasteiger partial charge in [0, 0.05) is 5.69 Å². The lowest BCUT2D eigenvalue weighted by molar-refractivity contribution is -0.113. The molecule has 0 aliphatic rings. The molecule has 11 heteroatoms. The molecule has 2 aromatic carbocycles. The molecular formula is C23H22N6O3S2. The van der Waals surface area contributed by atoms with Crippen LogP contribution >= 0.6 is 23.1 Å². The van der Waals surface area contributed by atoms with Crippen molar-refractivity contribution in [2.24, 2.45) is 0 Å². The number of nitrogens with two attached hydrogens (primary N) is 1. The number of thioether (sulfide) groups is 1. The Morgan fingerprint density at radius 2 is 1.85 bits per heavy atom. The second-order valence-electron chi connectivity index (χ2n) is 6.95. The fraction of sp³-hybridized carbons (Fsp3) is 0.130. The third-order valence-corrected chi connectivity index (χ3v) is 6.42. The van der Waals surface area contributed by atoms with Crippen molar-refractivity contribution in [2.75, 3.05) is 28.8 Å². The summed E-state index contributed by atoms with van der Waals surface area (Å²) >= 11 is 2.66. The highest BCUT2D eigenvalue weighted by Crippen LogP contribution is 2.25. The average molecular weight is 495 g/mol. The van der Waals surface area contributed by atoms with E-state index in [1.165, 1.54) is 16.0 Å². The van der Waals surface area contributed by atoms with E-state index in [9.17, 15) is 9.59 Å². The van der Waals surface area contributed by atoms with Crippen molar-refractivity contribution in [1.29, 1.82) is 0 Å². The maximum atomic E-state index is 12.8. The van der Waals surface area contributed by atoms with Crippen molar-refractivity contribution in [3.8, 4) is 16.5 Å². The third kappa shape index (κ3) is 5.56. The minimum absolute atomic E-state index is 0.0502. The van der Waals surface area contributed by atoms with Gasteiger partial charge in [-0.15, -0.1) is 21.5 Å². The molecule has 4 aromatic rings. The lowest BCUT2D eigenvalue weighted by Gasteiger charge is -2.12. The number of nitrogen functional groups attached to an aromatic ring is 1.